The van der Waals surface area contributed by atoms with Crippen LogP contribution in [0.5, 0.6) is 5.88 Å². The summed E-state index contributed by atoms with van der Waals surface area (Å²) in [5.74, 6) is 0.509. The predicted molar refractivity (Wildman–Crippen MR) is 88.4 cm³/mol. The molecule has 2 N–H and O–H groups in total. The summed E-state index contributed by atoms with van der Waals surface area (Å²) in [5.41, 5.74) is 3.39. The second kappa shape index (κ2) is 6.42. The summed E-state index contributed by atoms with van der Waals surface area (Å²) >= 11 is 0. The Morgan fingerprint density at radius 2 is 1.86 bits per heavy atom. The molecule has 0 aliphatic heterocycles. The van der Waals surface area contributed by atoms with Gasteiger partial charge >= 0.3 is 6.09 Å². The molecule has 1 aliphatic carbocycles. The number of ether oxygens (including phenoxy) is 1. The summed E-state index contributed by atoms with van der Waals surface area (Å²) in [6.45, 7) is 4.13. The van der Waals surface area contributed by atoms with Gasteiger partial charge in [-0.05, 0) is 43.9 Å². The Bertz CT molecular complexity index is 667. The van der Waals surface area contributed by atoms with Crippen LogP contribution in [0.1, 0.15) is 49.7 Å². The molecule has 4 heteroatoms. The monoisotopic (exact) mass is 300 g/mol. The number of hydrogen-bond acceptors (Lipinski definition) is 2. The standard InChI is InChI=1S/C18H24N2O2/c1-12-9-13(2)15-11-17(20-16(15)10-12)22-18(21)19-14-7-5-3-4-6-8-14/h9-11,14,20H,3-8H2,1-2H3,(H,19,21). The van der Waals surface area contributed by atoms with Crippen LogP contribution >= 0.6 is 0 Å². The Labute approximate surface area is 131 Å². The quantitative estimate of drug-likeness (QED) is 0.797. The van der Waals surface area contributed by atoms with Crippen molar-refractivity contribution in [3.8, 4) is 5.88 Å². The van der Waals surface area contributed by atoms with Gasteiger partial charge in [-0.3, -0.25) is 0 Å². The molecule has 0 unspecified atom stereocenters. The molecule has 0 spiro atoms. The lowest BCUT2D eigenvalue weighted by atomic mass is 10.1. The fraction of sp³-hybridized carbons (Fsp3) is 0.500. The second-order valence-corrected chi connectivity index (χ2v) is 6.40. The maximum atomic E-state index is 12.1. The Balaban J connectivity index is 1.67. The highest BCUT2D eigenvalue weighted by Gasteiger charge is 2.16. The molecule has 1 aromatic carbocycles. The van der Waals surface area contributed by atoms with Crippen molar-refractivity contribution in [2.24, 2.45) is 0 Å². The molecule has 1 saturated carbocycles. The van der Waals surface area contributed by atoms with Crippen molar-refractivity contribution in [3.63, 3.8) is 0 Å². The summed E-state index contributed by atoms with van der Waals surface area (Å²) < 4.78 is 5.43. The van der Waals surface area contributed by atoms with E-state index in [0.717, 1.165) is 23.7 Å². The summed E-state index contributed by atoms with van der Waals surface area (Å²) in [5, 5.41) is 4.10. The Morgan fingerprint density at radius 3 is 2.59 bits per heavy atom. The van der Waals surface area contributed by atoms with Gasteiger partial charge in [0.05, 0.1) is 0 Å². The first-order chi connectivity index (χ1) is 10.6. The number of benzene rings is 1. The van der Waals surface area contributed by atoms with E-state index in [4.69, 9.17) is 4.74 Å². The van der Waals surface area contributed by atoms with E-state index in [1.54, 1.807) is 0 Å². The normalized spacial score (nSPS) is 16.5. The van der Waals surface area contributed by atoms with Crippen LogP contribution in [0.25, 0.3) is 10.9 Å². The third-order valence-corrected chi connectivity index (χ3v) is 4.44. The minimum Gasteiger partial charge on any atom is -0.393 e. The molecule has 22 heavy (non-hydrogen) atoms. The number of nitrogens with one attached hydrogen (secondary N) is 2. The van der Waals surface area contributed by atoms with E-state index in [1.807, 2.05) is 6.07 Å². The molecular weight excluding hydrogens is 276 g/mol. The molecule has 0 saturated heterocycles. The molecule has 0 atom stereocenters. The molecule has 0 bridgehead atoms. The van der Waals surface area contributed by atoms with Gasteiger partial charge in [-0.25, -0.2) is 4.79 Å². The number of fused-ring (bicyclic) bond motifs is 1. The summed E-state index contributed by atoms with van der Waals surface area (Å²) in [6.07, 6.45) is 6.68. The lowest BCUT2D eigenvalue weighted by Gasteiger charge is -2.15. The van der Waals surface area contributed by atoms with Gasteiger partial charge in [-0.1, -0.05) is 31.7 Å². The number of H-pyrrole nitrogens is 1. The number of aromatic nitrogens is 1. The average Bonchev–Trinajstić information content (AvgIpc) is 2.67. The van der Waals surface area contributed by atoms with Gasteiger partial charge in [0.2, 0.25) is 5.88 Å². The summed E-state index contributed by atoms with van der Waals surface area (Å²) in [6, 6.07) is 6.35. The smallest absolute Gasteiger partial charge is 0.393 e. The first kappa shape index (κ1) is 14.9. The number of hydrogen-bond donors (Lipinski definition) is 2. The number of amides is 1. The molecule has 1 aliphatic rings. The highest BCUT2D eigenvalue weighted by Crippen LogP contribution is 2.25. The van der Waals surface area contributed by atoms with Crippen molar-refractivity contribution >= 4 is 17.0 Å². The maximum absolute atomic E-state index is 12.1. The highest BCUT2D eigenvalue weighted by atomic mass is 16.6. The number of rotatable bonds is 2. The van der Waals surface area contributed by atoms with Crippen molar-refractivity contribution in [1.82, 2.24) is 10.3 Å². The zero-order chi connectivity index (χ0) is 15.5. The van der Waals surface area contributed by atoms with Crippen LogP contribution in [0.2, 0.25) is 0 Å². The first-order valence-corrected chi connectivity index (χ1v) is 8.20. The van der Waals surface area contributed by atoms with Crippen molar-refractivity contribution in [3.05, 3.63) is 29.3 Å². The molecule has 118 valence electrons. The van der Waals surface area contributed by atoms with Crippen molar-refractivity contribution < 1.29 is 9.53 Å². The largest absolute Gasteiger partial charge is 0.414 e. The lowest BCUT2D eigenvalue weighted by molar-refractivity contribution is 0.193. The molecular formula is C18H24N2O2. The van der Waals surface area contributed by atoms with Gasteiger partial charge < -0.3 is 15.0 Å². The molecule has 4 nitrogen and oxygen atoms in total. The van der Waals surface area contributed by atoms with Gasteiger partial charge in [0.25, 0.3) is 0 Å². The third-order valence-electron chi connectivity index (χ3n) is 4.44. The lowest BCUT2D eigenvalue weighted by Crippen LogP contribution is -2.36. The second-order valence-electron chi connectivity index (χ2n) is 6.40. The number of carbonyl (C=O) groups excluding carboxylic acids is 1. The Morgan fingerprint density at radius 1 is 1.14 bits per heavy atom. The predicted octanol–water partition coefficient (Wildman–Crippen LogP) is 4.60. The van der Waals surface area contributed by atoms with E-state index < -0.39 is 0 Å². The van der Waals surface area contributed by atoms with Crippen LogP contribution in [-0.4, -0.2) is 17.1 Å². The van der Waals surface area contributed by atoms with E-state index in [0.29, 0.717) is 5.88 Å². The van der Waals surface area contributed by atoms with Gasteiger partial charge in [-0.2, -0.15) is 0 Å². The van der Waals surface area contributed by atoms with E-state index in [9.17, 15) is 4.79 Å². The van der Waals surface area contributed by atoms with Gasteiger partial charge in [0.15, 0.2) is 0 Å². The van der Waals surface area contributed by atoms with Crippen LogP contribution in [0.15, 0.2) is 18.2 Å². The topological polar surface area (TPSA) is 54.1 Å². The number of aryl methyl sites for hydroxylation is 2. The third kappa shape index (κ3) is 3.43. The van der Waals surface area contributed by atoms with Crippen molar-refractivity contribution in [2.75, 3.05) is 0 Å². The Hall–Kier alpha value is -1.97. The zero-order valence-corrected chi connectivity index (χ0v) is 13.4. The Kier molecular flexibility index (Phi) is 4.36. The van der Waals surface area contributed by atoms with Gasteiger partial charge in [0.1, 0.15) is 0 Å². The van der Waals surface area contributed by atoms with Crippen molar-refractivity contribution in [2.45, 2.75) is 58.4 Å². The molecule has 1 amide bonds. The molecule has 1 fully saturated rings. The average molecular weight is 300 g/mol. The van der Waals surface area contributed by atoms with E-state index in [2.05, 4.69) is 36.3 Å². The minimum absolute atomic E-state index is 0.253. The van der Waals surface area contributed by atoms with E-state index in [1.165, 1.54) is 36.8 Å². The number of carbonyl (C=O) groups is 1. The fourth-order valence-corrected chi connectivity index (χ4v) is 3.35. The maximum Gasteiger partial charge on any atom is 0.414 e. The molecule has 0 radical (unpaired) electrons. The molecule has 2 aromatic rings. The molecule has 1 aromatic heterocycles. The minimum atomic E-state index is -0.354. The van der Waals surface area contributed by atoms with Gasteiger partial charge in [-0.15, -0.1) is 0 Å². The van der Waals surface area contributed by atoms with Crippen LogP contribution in [-0.2, 0) is 0 Å². The van der Waals surface area contributed by atoms with E-state index >= 15 is 0 Å². The van der Waals surface area contributed by atoms with Gasteiger partial charge in [0, 0.05) is 23.0 Å². The van der Waals surface area contributed by atoms with Crippen molar-refractivity contribution in [1.29, 1.82) is 0 Å². The summed E-state index contributed by atoms with van der Waals surface area (Å²) in [4.78, 5) is 15.2. The SMILES string of the molecule is Cc1cc(C)c2cc(OC(=O)NC3CCCCCC3)[nH]c2c1. The van der Waals surface area contributed by atoms with Crippen LogP contribution in [0.4, 0.5) is 4.79 Å². The fourth-order valence-electron chi connectivity index (χ4n) is 3.35. The molecule has 3 rings (SSSR count). The highest BCUT2D eigenvalue weighted by molar-refractivity contribution is 5.86. The first-order valence-electron chi connectivity index (χ1n) is 8.20. The van der Waals surface area contributed by atoms with Crippen LogP contribution in [0.3, 0.4) is 0 Å². The number of aromatic amines is 1. The zero-order valence-electron chi connectivity index (χ0n) is 13.4. The van der Waals surface area contributed by atoms with Crippen LogP contribution < -0.4 is 10.1 Å². The summed E-state index contributed by atoms with van der Waals surface area (Å²) in [7, 11) is 0. The molecule has 1 heterocycles. The van der Waals surface area contributed by atoms with E-state index in [-0.39, 0.29) is 12.1 Å². The van der Waals surface area contributed by atoms with Crippen LogP contribution in [0, 0.1) is 13.8 Å².